The van der Waals surface area contributed by atoms with E-state index >= 15 is 0 Å². The minimum absolute atomic E-state index is 0.430. The highest BCUT2D eigenvalue weighted by atomic mass is 15.3. The van der Waals surface area contributed by atoms with Crippen LogP contribution in [-0.4, -0.2) is 9.78 Å². The lowest BCUT2D eigenvalue weighted by Gasteiger charge is -2.03. The first-order chi connectivity index (χ1) is 11.2. The first kappa shape index (κ1) is 14.9. The Morgan fingerprint density at radius 3 is 2.52 bits per heavy atom. The summed E-state index contributed by atoms with van der Waals surface area (Å²) in [7, 11) is 0. The van der Waals surface area contributed by atoms with Gasteiger partial charge in [-0.05, 0) is 18.1 Å². The van der Waals surface area contributed by atoms with Gasteiger partial charge in [-0.3, -0.25) is 0 Å². The number of benzene rings is 2. The maximum absolute atomic E-state index is 9.43. The molecule has 0 radical (unpaired) electrons. The lowest BCUT2D eigenvalue weighted by atomic mass is 10.1. The third-order valence-electron chi connectivity index (χ3n) is 3.81. The molecule has 0 spiro atoms. The highest BCUT2D eigenvalue weighted by molar-refractivity contribution is 5.53. The molecule has 1 aromatic heterocycles. The monoisotopic (exact) mass is 302 g/mol. The zero-order valence-corrected chi connectivity index (χ0v) is 13.0. The predicted molar refractivity (Wildman–Crippen MR) is 90.9 cm³/mol. The van der Waals surface area contributed by atoms with Crippen LogP contribution in [0.25, 0.3) is 0 Å². The zero-order valence-electron chi connectivity index (χ0n) is 13.0. The Bertz CT molecular complexity index is 857. The van der Waals surface area contributed by atoms with Crippen molar-refractivity contribution < 1.29 is 0 Å². The standard InChI is InChI=1S/C19H18N4/c1-14-6-5-9-16(10-14)11-18-17(12-20)19(21)23(22-18)13-15-7-3-2-4-8-15/h2-10H,11,13,21H2,1H3. The highest BCUT2D eigenvalue weighted by Crippen LogP contribution is 2.20. The van der Waals surface area contributed by atoms with Crippen LogP contribution in [0.15, 0.2) is 54.6 Å². The molecule has 4 heteroatoms. The topological polar surface area (TPSA) is 67.6 Å². The molecule has 3 aromatic rings. The molecule has 4 nitrogen and oxygen atoms in total. The second-order valence-electron chi connectivity index (χ2n) is 5.63. The Kier molecular flexibility index (Phi) is 4.11. The van der Waals surface area contributed by atoms with Crippen molar-refractivity contribution >= 4 is 5.82 Å². The van der Waals surface area contributed by atoms with E-state index in [2.05, 4.69) is 30.2 Å². The molecular weight excluding hydrogens is 284 g/mol. The average molecular weight is 302 g/mol. The van der Waals surface area contributed by atoms with Crippen LogP contribution in [0.3, 0.4) is 0 Å². The van der Waals surface area contributed by atoms with Gasteiger partial charge in [-0.15, -0.1) is 0 Å². The molecule has 0 aliphatic carbocycles. The van der Waals surface area contributed by atoms with Crippen LogP contribution in [-0.2, 0) is 13.0 Å². The SMILES string of the molecule is Cc1cccc(Cc2nn(Cc3ccccc3)c(N)c2C#N)c1. The number of nitrogens with two attached hydrogens (primary N) is 1. The van der Waals surface area contributed by atoms with Gasteiger partial charge >= 0.3 is 0 Å². The largest absolute Gasteiger partial charge is 0.383 e. The number of nitrogen functional groups attached to an aromatic ring is 1. The average Bonchev–Trinajstić information content (AvgIpc) is 2.83. The van der Waals surface area contributed by atoms with Crippen LogP contribution in [0, 0.1) is 18.3 Å². The summed E-state index contributed by atoms with van der Waals surface area (Å²) >= 11 is 0. The van der Waals surface area contributed by atoms with Crippen molar-refractivity contribution in [3.8, 4) is 6.07 Å². The second kappa shape index (κ2) is 6.37. The van der Waals surface area contributed by atoms with Gasteiger partial charge in [0.1, 0.15) is 17.5 Å². The van der Waals surface area contributed by atoms with Crippen molar-refractivity contribution in [3.05, 3.63) is 82.5 Å². The van der Waals surface area contributed by atoms with Crippen molar-refractivity contribution in [2.45, 2.75) is 19.9 Å². The predicted octanol–water partition coefficient (Wildman–Crippen LogP) is 3.28. The number of nitriles is 1. The normalized spacial score (nSPS) is 10.4. The van der Waals surface area contributed by atoms with Gasteiger partial charge in [-0.2, -0.15) is 10.4 Å². The summed E-state index contributed by atoms with van der Waals surface area (Å²) in [6, 6.07) is 20.4. The number of nitrogens with zero attached hydrogens (tertiary/aromatic N) is 3. The van der Waals surface area contributed by atoms with E-state index in [1.807, 2.05) is 42.5 Å². The van der Waals surface area contributed by atoms with Crippen LogP contribution in [0.5, 0.6) is 0 Å². The Morgan fingerprint density at radius 1 is 1.09 bits per heavy atom. The van der Waals surface area contributed by atoms with E-state index in [4.69, 9.17) is 5.73 Å². The summed E-state index contributed by atoms with van der Waals surface area (Å²) < 4.78 is 1.71. The Balaban J connectivity index is 1.92. The van der Waals surface area contributed by atoms with Crippen LogP contribution in [0.4, 0.5) is 5.82 Å². The first-order valence-electron chi connectivity index (χ1n) is 7.52. The minimum Gasteiger partial charge on any atom is -0.383 e. The summed E-state index contributed by atoms with van der Waals surface area (Å²) in [5.41, 5.74) is 10.8. The molecule has 23 heavy (non-hydrogen) atoms. The molecule has 0 fully saturated rings. The van der Waals surface area contributed by atoms with Crippen molar-refractivity contribution in [2.24, 2.45) is 0 Å². The van der Waals surface area contributed by atoms with Gasteiger partial charge in [0.2, 0.25) is 0 Å². The molecule has 0 saturated heterocycles. The number of hydrogen-bond donors (Lipinski definition) is 1. The van der Waals surface area contributed by atoms with Crippen LogP contribution >= 0.6 is 0 Å². The quantitative estimate of drug-likeness (QED) is 0.804. The molecule has 0 aliphatic rings. The minimum atomic E-state index is 0.430. The van der Waals surface area contributed by atoms with E-state index in [1.54, 1.807) is 4.68 Å². The Labute approximate surface area is 135 Å². The Morgan fingerprint density at radius 2 is 1.83 bits per heavy atom. The lowest BCUT2D eigenvalue weighted by Crippen LogP contribution is -2.06. The molecule has 1 heterocycles. The summed E-state index contributed by atoms with van der Waals surface area (Å²) in [4.78, 5) is 0. The molecule has 0 unspecified atom stereocenters. The summed E-state index contributed by atoms with van der Waals surface area (Å²) in [5, 5.41) is 14.0. The molecular formula is C19H18N4. The van der Waals surface area contributed by atoms with Gasteiger partial charge in [0.25, 0.3) is 0 Å². The van der Waals surface area contributed by atoms with Crippen molar-refractivity contribution in [1.29, 1.82) is 5.26 Å². The second-order valence-corrected chi connectivity index (χ2v) is 5.63. The summed E-state index contributed by atoms with van der Waals surface area (Å²) in [6.45, 7) is 2.62. The summed E-state index contributed by atoms with van der Waals surface area (Å²) in [5.74, 6) is 0.430. The maximum atomic E-state index is 9.43. The number of aromatic nitrogens is 2. The first-order valence-corrected chi connectivity index (χ1v) is 7.52. The zero-order chi connectivity index (χ0) is 16.2. The van der Waals surface area contributed by atoms with Crippen molar-refractivity contribution in [2.75, 3.05) is 5.73 Å². The third kappa shape index (κ3) is 3.24. The van der Waals surface area contributed by atoms with Crippen LogP contribution < -0.4 is 5.73 Å². The maximum Gasteiger partial charge on any atom is 0.140 e. The molecule has 2 aromatic carbocycles. The molecule has 0 saturated carbocycles. The van der Waals surface area contributed by atoms with Gasteiger partial charge in [-0.1, -0.05) is 60.2 Å². The van der Waals surface area contributed by atoms with E-state index in [0.717, 1.165) is 16.8 Å². The van der Waals surface area contributed by atoms with E-state index < -0.39 is 0 Å². The lowest BCUT2D eigenvalue weighted by molar-refractivity contribution is 0.684. The van der Waals surface area contributed by atoms with Gasteiger partial charge in [0.15, 0.2) is 0 Å². The fourth-order valence-corrected chi connectivity index (χ4v) is 2.66. The van der Waals surface area contributed by atoms with Gasteiger partial charge < -0.3 is 5.73 Å². The molecule has 0 aliphatic heterocycles. The van der Waals surface area contributed by atoms with Crippen molar-refractivity contribution in [1.82, 2.24) is 9.78 Å². The van der Waals surface area contributed by atoms with Gasteiger partial charge in [0, 0.05) is 6.42 Å². The molecule has 0 amide bonds. The van der Waals surface area contributed by atoms with Gasteiger partial charge in [-0.25, -0.2) is 4.68 Å². The molecule has 0 bridgehead atoms. The number of aryl methyl sites for hydroxylation is 1. The van der Waals surface area contributed by atoms with Crippen molar-refractivity contribution in [3.63, 3.8) is 0 Å². The highest BCUT2D eigenvalue weighted by Gasteiger charge is 2.16. The van der Waals surface area contributed by atoms with E-state index in [1.165, 1.54) is 5.56 Å². The fraction of sp³-hybridized carbons (Fsp3) is 0.158. The molecule has 0 atom stereocenters. The Hall–Kier alpha value is -3.06. The van der Waals surface area contributed by atoms with E-state index in [0.29, 0.717) is 24.3 Å². The molecule has 3 rings (SSSR count). The third-order valence-corrected chi connectivity index (χ3v) is 3.81. The fourth-order valence-electron chi connectivity index (χ4n) is 2.66. The molecule has 114 valence electrons. The number of anilines is 1. The smallest absolute Gasteiger partial charge is 0.140 e. The van der Waals surface area contributed by atoms with Crippen LogP contribution in [0.1, 0.15) is 27.9 Å². The summed E-state index contributed by atoms with van der Waals surface area (Å²) in [6.07, 6.45) is 0.608. The number of rotatable bonds is 4. The molecule has 2 N–H and O–H groups in total. The van der Waals surface area contributed by atoms with E-state index in [-0.39, 0.29) is 0 Å². The van der Waals surface area contributed by atoms with Gasteiger partial charge in [0.05, 0.1) is 12.2 Å². The van der Waals surface area contributed by atoms with E-state index in [9.17, 15) is 5.26 Å². The van der Waals surface area contributed by atoms with Crippen LogP contribution in [0.2, 0.25) is 0 Å². The number of hydrogen-bond acceptors (Lipinski definition) is 3.